The summed E-state index contributed by atoms with van der Waals surface area (Å²) in [6.45, 7) is 7.21. The summed E-state index contributed by atoms with van der Waals surface area (Å²) in [6, 6.07) is 0. The van der Waals surface area contributed by atoms with E-state index in [0.29, 0.717) is 5.41 Å². The van der Waals surface area contributed by atoms with Gasteiger partial charge in [0.05, 0.1) is 5.60 Å². The van der Waals surface area contributed by atoms with Gasteiger partial charge in [-0.05, 0) is 49.9 Å². The topological polar surface area (TPSA) is 29.5 Å². The number of hydrogen-bond acceptors (Lipinski definition) is 2. The first kappa shape index (κ1) is 11.0. The molecule has 4 atom stereocenters. The summed E-state index contributed by atoms with van der Waals surface area (Å²) in [5, 5.41) is 9.83. The fourth-order valence-electron chi connectivity index (χ4n) is 4.89. The molecule has 2 heteroatoms. The van der Waals surface area contributed by atoms with Crippen LogP contribution < -0.4 is 0 Å². The molecule has 1 saturated heterocycles. The zero-order valence-electron chi connectivity index (χ0n) is 10.8. The standard InChI is InChI=1S/C14H24O2/c1-12(2)10-6-8-13(12,3)14(9-10)7-4-5-11(15)16-14/h10-11,15H,4-9H2,1-3H3. The molecule has 16 heavy (non-hydrogen) atoms. The lowest BCUT2D eigenvalue weighted by atomic mass is 9.62. The molecule has 2 bridgehead atoms. The van der Waals surface area contributed by atoms with E-state index in [1.165, 1.54) is 19.3 Å². The molecule has 4 unspecified atom stereocenters. The minimum atomic E-state index is -0.513. The van der Waals surface area contributed by atoms with Gasteiger partial charge in [0.2, 0.25) is 0 Å². The highest BCUT2D eigenvalue weighted by Crippen LogP contribution is 2.72. The fraction of sp³-hybridized carbons (Fsp3) is 1.00. The average molecular weight is 224 g/mol. The van der Waals surface area contributed by atoms with Crippen LogP contribution in [0, 0.1) is 16.7 Å². The highest BCUT2D eigenvalue weighted by atomic mass is 16.6. The van der Waals surface area contributed by atoms with Gasteiger partial charge >= 0.3 is 0 Å². The quantitative estimate of drug-likeness (QED) is 0.685. The summed E-state index contributed by atoms with van der Waals surface area (Å²) in [5.41, 5.74) is 0.632. The molecule has 2 nitrogen and oxygen atoms in total. The van der Waals surface area contributed by atoms with E-state index in [9.17, 15) is 5.11 Å². The van der Waals surface area contributed by atoms with Crippen molar-refractivity contribution in [1.82, 2.24) is 0 Å². The van der Waals surface area contributed by atoms with Gasteiger partial charge < -0.3 is 9.84 Å². The first-order chi connectivity index (χ1) is 7.41. The van der Waals surface area contributed by atoms with Crippen molar-refractivity contribution in [2.24, 2.45) is 16.7 Å². The largest absolute Gasteiger partial charge is 0.368 e. The average Bonchev–Trinajstić information content (AvgIpc) is 2.50. The van der Waals surface area contributed by atoms with Crippen molar-refractivity contribution in [3.8, 4) is 0 Å². The third-order valence-electron chi connectivity index (χ3n) is 6.41. The molecular weight excluding hydrogens is 200 g/mol. The van der Waals surface area contributed by atoms with Crippen LogP contribution in [0.15, 0.2) is 0 Å². The number of fused-ring (bicyclic) bond motifs is 3. The summed E-state index contributed by atoms with van der Waals surface area (Å²) < 4.78 is 6.06. The Hall–Kier alpha value is -0.0800. The molecule has 1 spiro atoms. The van der Waals surface area contributed by atoms with Gasteiger partial charge in [0.1, 0.15) is 0 Å². The molecule has 1 heterocycles. The highest BCUT2D eigenvalue weighted by Gasteiger charge is 2.69. The SMILES string of the molecule is CC1(C)C2CCC1(C)C1(CCCC(O)O1)C2. The Bertz CT molecular complexity index is 312. The van der Waals surface area contributed by atoms with Gasteiger partial charge in [-0.25, -0.2) is 0 Å². The van der Waals surface area contributed by atoms with Crippen LogP contribution in [0.5, 0.6) is 0 Å². The van der Waals surface area contributed by atoms with Crippen LogP contribution in [0.2, 0.25) is 0 Å². The smallest absolute Gasteiger partial charge is 0.155 e. The Morgan fingerprint density at radius 3 is 2.38 bits per heavy atom. The Labute approximate surface area is 98.4 Å². The summed E-state index contributed by atoms with van der Waals surface area (Å²) in [7, 11) is 0. The fourth-order valence-corrected chi connectivity index (χ4v) is 4.89. The van der Waals surface area contributed by atoms with Crippen molar-refractivity contribution < 1.29 is 9.84 Å². The number of aliphatic hydroxyl groups is 1. The minimum absolute atomic E-state index is 0.0168. The molecule has 0 radical (unpaired) electrons. The van der Waals surface area contributed by atoms with E-state index in [0.717, 1.165) is 25.2 Å². The van der Waals surface area contributed by atoms with Crippen molar-refractivity contribution in [1.29, 1.82) is 0 Å². The Morgan fingerprint density at radius 2 is 1.88 bits per heavy atom. The number of ether oxygens (including phenoxy) is 1. The van der Waals surface area contributed by atoms with Crippen LogP contribution in [-0.2, 0) is 4.74 Å². The maximum atomic E-state index is 9.83. The Kier molecular flexibility index (Phi) is 2.09. The molecular formula is C14H24O2. The maximum absolute atomic E-state index is 9.83. The van der Waals surface area contributed by atoms with E-state index in [1.807, 2.05) is 0 Å². The lowest BCUT2D eigenvalue weighted by molar-refractivity contribution is -0.256. The number of hydrogen-bond donors (Lipinski definition) is 1. The van der Waals surface area contributed by atoms with Gasteiger partial charge in [0, 0.05) is 5.41 Å². The van der Waals surface area contributed by atoms with Gasteiger partial charge in [0.15, 0.2) is 6.29 Å². The van der Waals surface area contributed by atoms with Crippen LogP contribution in [-0.4, -0.2) is 17.0 Å². The third kappa shape index (κ3) is 1.06. The molecule has 1 aliphatic heterocycles. The van der Waals surface area contributed by atoms with E-state index in [1.54, 1.807) is 0 Å². The van der Waals surface area contributed by atoms with E-state index in [4.69, 9.17) is 4.74 Å². The predicted octanol–water partition coefficient (Wildman–Crippen LogP) is 3.09. The van der Waals surface area contributed by atoms with E-state index in [2.05, 4.69) is 20.8 Å². The molecule has 0 aromatic heterocycles. The van der Waals surface area contributed by atoms with Gasteiger partial charge in [-0.3, -0.25) is 0 Å². The van der Waals surface area contributed by atoms with Crippen LogP contribution in [0.3, 0.4) is 0 Å². The maximum Gasteiger partial charge on any atom is 0.155 e. The highest BCUT2D eigenvalue weighted by molar-refractivity contribution is 5.19. The molecule has 1 N–H and O–H groups in total. The zero-order valence-corrected chi connectivity index (χ0v) is 10.8. The number of aliphatic hydroxyl groups excluding tert-OH is 1. The second kappa shape index (κ2) is 3.02. The molecule has 0 amide bonds. The third-order valence-corrected chi connectivity index (χ3v) is 6.41. The van der Waals surface area contributed by atoms with Crippen molar-refractivity contribution in [2.45, 2.75) is 71.2 Å². The van der Waals surface area contributed by atoms with Crippen LogP contribution in [0.4, 0.5) is 0 Å². The van der Waals surface area contributed by atoms with Gasteiger partial charge in [-0.15, -0.1) is 0 Å². The Morgan fingerprint density at radius 1 is 1.12 bits per heavy atom. The lowest BCUT2D eigenvalue weighted by Crippen LogP contribution is -2.53. The second-order valence-corrected chi connectivity index (χ2v) is 6.95. The second-order valence-electron chi connectivity index (χ2n) is 6.95. The molecule has 3 aliphatic rings. The van der Waals surface area contributed by atoms with Crippen LogP contribution >= 0.6 is 0 Å². The molecule has 92 valence electrons. The summed E-state index contributed by atoms with van der Waals surface area (Å²) in [4.78, 5) is 0. The molecule has 3 rings (SSSR count). The van der Waals surface area contributed by atoms with Gasteiger partial charge in [0.25, 0.3) is 0 Å². The van der Waals surface area contributed by atoms with Crippen molar-refractivity contribution in [2.75, 3.05) is 0 Å². The first-order valence-corrected chi connectivity index (χ1v) is 6.77. The predicted molar refractivity (Wildman–Crippen MR) is 62.9 cm³/mol. The first-order valence-electron chi connectivity index (χ1n) is 6.77. The van der Waals surface area contributed by atoms with E-state index < -0.39 is 6.29 Å². The molecule has 0 aromatic carbocycles. The van der Waals surface area contributed by atoms with E-state index >= 15 is 0 Å². The lowest BCUT2D eigenvalue weighted by Gasteiger charge is -2.51. The monoisotopic (exact) mass is 224 g/mol. The minimum Gasteiger partial charge on any atom is -0.368 e. The summed E-state index contributed by atoms with van der Waals surface area (Å²) >= 11 is 0. The molecule has 3 fully saturated rings. The summed E-state index contributed by atoms with van der Waals surface area (Å²) in [5.74, 6) is 0.794. The summed E-state index contributed by atoms with van der Waals surface area (Å²) in [6.07, 6.45) is 6.39. The van der Waals surface area contributed by atoms with Gasteiger partial charge in [-0.2, -0.15) is 0 Å². The van der Waals surface area contributed by atoms with Crippen molar-refractivity contribution in [3.05, 3.63) is 0 Å². The van der Waals surface area contributed by atoms with Crippen molar-refractivity contribution in [3.63, 3.8) is 0 Å². The Balaban J connectivity index is 1.99. The number of rotatable bonds is 0. The zero-order chi connectivity index (χ0) is 11.6. The van der Waals surface area contributed by atoms with Crippen LogP contribution in [0.1, 0.15) is 59.3 Å². The van der Waals surface area contributed by atoms with E-state index in [-0.39, 0.29) is 11.0 Å². The van der Waals surface area contributed by atoms with Crippen molar-refractivity contribution >= 4 is 0 Å². The van der Waals surface area contributed by atoms with Gasteiger partial charge in [-0.1, -0.05) is 20.8 Å². The normalized spacial score (nSPS) is 54.8. The molecule has 2 aliphatic carbocycles. The van der Waals surface area contributed by atoms with Crippen LogP contribution in [0.25, 0.3) is 0 Å². The molecule has 2 saturated carbocycles. The molecule has 0 aromatic rings.